The summed E-state index contributed by atoms with van der Waals surface area (Å²) < 4.78 is 1.95. The molecule has 0 amide bonds. The minimum atomic E-state index is 0. The van der Waals surface area contributed by atoms with Crippen LogP contribution in [0.2, 0.25) is 0 Å². The Morgan fingerprint density at radius 1 is 1.67 bits per heavy atom. The summed E-state index contributed by atoms with van der Waals surface area (Å²) in [4.78, 5) is 3.86. The molecule has 0 aromatic carbocycles. The summed E-state index contributed by atoms with van der Waals surface area (Å²) in [5, 5.41) is 0. The predicted molar refractivity (Wildman–Crippen MR) is 41.0 cm³/mol. The van der Waals surface area contributed by atoms with E-state index in [1.54, 1.807) is 12.5 Å². The molecule has 0 saturated carbocycles. The Bertz CT molecular complexity index is 158. The molecule has 9 heavy (non-hydrogen) atoms. The van der Waals surface area contributed by atoms with Crippen LogP contribution < -0.4 is 0 Å². The fraction of sp³-hybridized carbons (Fsp3) is 0.167. The van der Waals surface area contributed by atoms with E-state index in [1.165, 1.54) is 0 Å². The van der Waals surface area contributed by atoms with Crippen LogP contribution in [0.1, 0.15) is 0 Å². The van der Waals surface area contributed by atoms with E-state index >= 15 is 0 Å². The molecule has 0 aliphatic heterocycles. The minimum absolute atomic E-state index is 0. The zero-order valence-electron chi connectivity index (χ0n) is 5.33. The molecular weight excluding hydrogens is 219 g/mol. The Kier molecular flexibility index (Phi) is 4.48. The zero-order valence-corrected chi connectivity index (χ0v) is 9.36. The van der Waals surface area contributed by atoms with Gasteiger partial charge in [-0.1, -0.05) is 6.08 Å². The molecule has 0 aliphatic carbocycles. The van der Waals surface area contributed by atoms with Crippen molar-refractivity contribution < 1.29 is 0 Å². The van der Waals surface area contributed by atoms with Crippen LogP contribution in [-0.4, -0.2) is 33.5 Å². The first-order valence-corrected chi connectivity index (χ1v) is 2.50. The standard InChI is InChI=1S/C6H8N2.Sn.2H/c1-2-4-8-5-3-7-6-8;;;/h2-3,5-6H,1,4H2;;;. The molecule has 0 atom stereocenters. The van der Waals surface area contributed by atoms with Gasteiger partial charge in [0.25, 0.3) is 0 Å². The molecule has 0 fully saturated rings. The van der Waals surface area contributed by atoms with Gasteiger partial charge in [-0.3, -0.25) is 0 Å². The third-order valence-corrected chi connectivity index (χ3v) is 0.899. The molecule has 0 saturated heterocycles. The monoisotopic (exact) mass is 230 g/mol. The van der Waals surface area contributed by atoms with Gasteiger partial charge < -0.3 is 4.57 Å². The van der Waals surface area contributed by atoms with Crippen molar-refractivity contribution in [3.8, 4) is 0 Å². The second-order valence-corrected chi connectivity index (χ2v) is 1.55. The number of rotatable bonds is 2. The van der Waals surface area contributed by atoms with Crippen molar-refractivity contribution in [2.45, 2.75) is 6.54 Å². The van der Waals surface area contributed by atoms with Crippen LogP contribution in [0.4, 0.5) is 0 Å². The predicted octanol–water partition coefficient (Wildman–Crippen LogP) is 0.153. The van der Waals surface area contributed by atoms with Crippen molar-refractivity contribution in [3.63, 3.8) is 0 Å². The third-order valence-electron chi connectivity index (χ3n) is 0.899. The fourth-order valence-electron chi connectivity index (χ4n) is 0.544. The van der Waals surface area contributed by atoms with E-state index < -0.39 is 0 Å². The Hall–Kier alpha value is -0.251. The summed E-state index contributed by atoms with van der Waals surface area (Å²) in [7, 11) is 0. The van der Waals surface area contributed by atoms with E-state index in [2.05, 4.69) is 11.6 Å². The van der Waals surface area contributed by atoms with Crippen molar-refractivity contribution in [3.05, 3.63) is 31.4 Å². The molecule has 0 aliphatic rings. The van der Waals surface area contributed by atoms with Crippen LogP contribution in [0.3, 0.4) is 0 Å². The maximum absolute atomic E-state index is 3.86. The molecule has 1 rings (SSSR count). The SMILES string of the molecule is C=CCn1ccnc1.[SnH2]. The average Bonchev–Trinajstić information content (AvgIpc) is 2.19. The third kappa shape index (κ3) is 2.69. The molecule has 48 valence electrons. The molecule has 0 bridgehead atoms. The topological polar surface area (TPSA) is 17.8 Å². The summed E-state index contributed by atoms with van der Waals surface area (Å²) in [6.07, 6.45) is 7.26. The van der Waals surface area contributed by atoms with Crippen LogP contribution in [-0.2, 0) is 6.54 Å². The Balaban J connectivity index is 0.000000640. The van der Waals surface area contributed by atoms with Crippen molar-refractivity contribution >= 4 is 23.9 Å². The van der Waals surface area contributed by atoms with Gasteiger partial charge >= 0.3 is 23.9 Å². The normalized spacial score (nSPS) is 8.00. The first kappa shape index (κ1) is 8.75. The Morgan fingerprint density at radius 2 is 2.44 bits per heavy atom. The molecule has 0 unspecified atom stereocenters. The van der Waals surface area contributed by atoms with Gasteiger partial charge in [0.2, 0.25) is 0 Å². The van der Waals surface area contributed by atoms with E-state index in [1.807, 2.05) is 16.8 Å². The van der Waals surface area contributed by atoms with Gasteiger partial charge in [0.1, 0.15) is 0 Å². The number of nitrogens with zero attached hydrogens (tertiary/aromatic N) is 2. The van der Waals surface area contributed by atoms with Crippen molar-refractivity contribution in [2.75, 3.05) is 0 Å². The van der Waals surface area contributed by atoms with Gasteiger partial charge in [0.15, 0.2) is 0 Å². The van der Waals surface area contributed by atoms with Gasteiger partial charge in [-0.2, -0.15) is 0 Å². The Morgan fingerprint density at radius 3 is 2.89 bits per heavy atom. The second kappa shape index (κ2) is 4.61. The van der Waals surface area contributed by atoms with Crippen molar-refractivity contribution in [1.82, 2.24) is 9.55 Å². The van der Waals surface area contributed by atoms with Crippen LogP contribution in [0.5, 0.6) is 0 Å². The summed E-state index contributed by atoms with van der Waals surface area (Å²) in [6, 6.07) is 0. The quantitative estimate of drug-likeness (QED) is 0.521. The molecule has 0 N–H and O–H groups in total. The molecule has 3 heteroatoms. The molecule has 0 spiro atoms. The van der Waals surface area contributed by atoms with Gasteiger partial charge in [0, 0.05) is 18.9 Å². The van der Waals surface area contributed by atoms with E-state index in [-0.39, 0.29) is 23.9 Å². The fourth-order valence-corrected chi connectivity index (χ4v) is 0.544. The molecule has 2 nitrogen and oxygen atoms in total. The number of allylic oxidation sites excluding steroid dienone is 1. The van der Waals surface area contributed by atoms with Gasteiger partial charge in [-0.25, -0.2) is 4.98 Å². The van der Waals surface area contributed by atoms with Crippen LogP contribution >= 0.6 is 0 Å². The molecule has 1 heterocycles. The molecule has 2 radical (unpaired) electrons. The number of hydrogen-bond acceptors (Lipinski definition) is 1. The Labute approximate surface area is 71.6 Å². The number of hydrogen-bond donors (Lipinski definition) is 0. The number of imidazole rings is 1. The van der Waals surface area contributed by atoms with Gasteiger partial charge in [-0.15, -0.1) is 6.58 Å². The van der Waals surface area contributed by atoms with Crippen LogP contribution in [0, 0.1) is 0 Å². The van der Waals surface area contributed by atoms with E-state index in [9.17, 15) is 0 Å². The zero-order chi connectivity index (χ0) is 5.82. The van der Waals surface area contributed by atoms with Crippen molar-refractivity contribution in [2.24, 2.45) is 0 Å². The summed E-state index contributed by atoms with van der Waals surface area (Å²) in [5.41, 5.74) is 0. The maximum atomic E-state index is 3.86. The summed E-state index contributed by atoms with van der Waals surface area (Å²) >= 11 is 0. The first-order chi connectivity index (χ1) is 3.93. The van der Waals surface area contributed by atoms with Gasteiger partial charge in [0.05, 0.1) is 6.33 Å². The van der Waals surface area contributed by atoms with E-state index in [0.29, 0.717) is 0 Å². The average molecular weight is 229 g/mol. The summed E-state index contributed by atoms with van der Waals surface area (Å²) in [5.74, 6) is 0. The molecular formula is C6H10N2Sn. The van der Waals surface area contributed by atoms with Crippen LogP contribution in [0.15, 0.2) is 31.4 Å². The van der Waals surface area contributed by atoms with Gasteiger partial charge in [-0.05, 0) is 0 Å². The van der Waals surface area contributed by atoms with Crippen molar-refractivity contribution in [1.29, 1.82) is 0 Å². The molecule has 1 aromatic heterocycles. The number of aromatic nitrogens is 2. The summed E-state index contributed by atoms with van der Waals surface area (Å²) in [6.45, 7) is 4.43. The molecule has 1 aromatic rings. The van der Waals surface area contributed by atoms with Crippen LogP contribution in [0.25, 0.3) is 0 Å². The second-order valence-electron chi connectivity index (χ2n) is 1.55. The van der Waals surface area contributed by atoms with E-state index in [0.717, 1.165) is 6.54 Å². The first-order valence-electron chi connectivity index (χ1n) is 2.50. The van der Waals surface area contributed by atoms with E-state index in [4.69, 9.17) is 0 Å².